The Balaban J connectivity index is 1.89. The number of carbonyl (C=O) groups is 1. The Morgan fingerprint density at radius 2 is 2.04 bits per heavy atom. The van der Waals surface area contributed by atoms with Crippen LogP contribution < -0.4 is 15.4 Å². The average Bonchev–Trinajstić information content (AvgIpc) is 2.53. The number of amides is 1. The van der Waals surface area contributed by atoms with Crippen LogP contribution in [0.3, 0.4) is 0 Å². The minimum Gasteiger partial charge on any atom is -0.493 e. The molecule has 3 atom stereocenters. The molecule has 1 fully saturated rings. The molecule has 0 saturated carbocycles. The van der Waals surface area contributed by atoms with E-state index in [0.717, 1.165) is 11.3 Å². The summed E-state index contributed by atoms with van der Waals surface area (Å²) in [5.74, 6) is 1.34. The van der Waals surface area contributed by atoms with Gasteiger partial charge in [0.15, 0.2) is 0 Å². The third-order valence-corrected chi connectivity index (χ3v) is 3.92. The number of hydrogen-bond acceptors (Lipinski definition) is 4. The predicted molar refractivity (Wildman–Crippen MR) is 90.5 cm³/mol. The van der Waals surface area contributed by atoms with Gasteiger partial charge in [0.1, 0.15) is 11.8 Å². The first-order valence-electron chi connectivity index (χ1n) is 8.35. The van der Waals surface area contributed by atoms with Crippen molar-refractivity contribution in [2.45, 2.75) is 45.9 Å². The first kappa shape index (κ1) is 17.8. The van der Waals surface area contributed by atoms with Crippen LogP contribution in [-0.4, -0.2) is 37.8 Å². The van der Waals surface area contributed by atoms with E-state index in [4.69, 9.17) is 9.47 Å². The van der Waals surface area contributed by atoms with E-state index in [-0.39, 0.29) is 24.1 Å². The van der Waals surface area contributed by atoms with Gasteiger partial charge in [-0.25, -0.2) is 0 Å². The molecule has 5 nitrogen and oxygen atoms in total. The fourth-order valence-corrected chi connectivity index (χ4v) is 2.53. The van der Waals surface area contributed by atoms with E-state index in [1.807, 2.05) is 38.1 Å². The van der Waals surface area contributed by atoms with Crippen molar-refractivity contribution in [2.24, 2.45) is 5.92 Å². The topological polar surface area (TPSA) is 59.6 Å². The fraction of sp³-hybridized carbons (Fsp3) is 0.611. The Labute approximate surface area is 138 Å². The SMILES string of the molecule is CC(C)COc1ccc(C(C)NC(=O)[C@H]2NCCO[C@@H]2C)cc1. The van der Waals surface area contributed by atoms with Crippen molar-refractivity contribution in [3.05, 3.63) is 29.8 Å². The van der Waals surface area contributed by atoms with Gasteiger partial charge in [-0.1, -0.05) is 26.0 Å². The monoisotopic (exact) mass is 320 g/mol. The average molecular weight is 320 g/mol. The molecule has 1 heterocycles. The summed E-state index contributed by atoms with van der Waals surface area (Å²) in [6.07, 6.45) is -0.109. The fourth-order valence-electron chi connectivity index (χ4n) is 2.53. The molecule has 128 valence electrons. The lowest BCUT2D eigenvalue weighted by Crippen LogP contribution is -2.55. The zero-order valence-electron chi connectivity index (χ0n) is 14.5. The van der Waals surface area contributed by atoms with E-state index in [1.54, 1.807) is 0 Å². The van der Waals surface area contributed by atoms with Gasteiger partial charge in [0.25, 0.3) is 0 Å². The molecule has 23 heavy (non-hydrogen) atoms. The number of hydrogen-bond donors (Lipinski definition) is 2. The van der Waals surface area contributed by atoms with Crippen molar-refractivity contribution in [3.63, 3.8) is 0 Å². The van der Waals surface area contributed by atoms with Gasteiger partial charge in [0.2, 0.25) is 5.91 Å². The van der Waals surface area contributed by atoms with Gasteiger partial charge in [-0.05, 0) is 37.5 Å². The zero-order valence-corrected chi connectivity index (χ0v) is 14.5. The maximum Gasteiger partial charge on any atom is 0.240 e. The molecule has 1 amide bonds. The van der Waals surface area contributed by atoms with Crippen molar-refractivity contribution in [1.82, 2.24) is 10.6 Å². The standard InChI is InChI=1S/C18H28N2O3/c1-12(2)11-23-16-7-5-15(6-8-16)13(3)20-18(21)17-14(4)22-10-9-19-17/h5-8,12-14,17,19H,9-11H2,1-4H3,(H,20,21)/t13?,14-,17+/m1/s1. The van der Waals surface area contributed by atoms with Crippen LogP contribution in [0.25, 0.3) is 0 Å². The molecule has 1 aliphatic heterocycles. The highest BCUT2D eigenvalue weighted by molar-refractivity contribution is 5.82. The van der Waals surface area contributed by atoms with Crippen LogP contribution in [0.4, 0.5) is 0 Å². The largest absolute Gasteiger partial charge is 0.493 e. The lowest BCUT2D eigenvalue weighted by atomic mass is 10.1. The van der Waals surface area contributed by atoms with Crippen LogP contribution in [0.1, 0.15) is 39.3 Å². The van der Waals surface area contributed by atoms with Gasteiger partial charge >= 0.3 is 0 Å². The van der Waals surface area contributed by atoms with E-state index < -0.39 is 0 Å². The summed E-state index contributed by atoms with van der Waals surface area (Å²) in [6, 6.07) is 7.54. The molecule has 5 heteroatoms. The van der Waals surface area contributed by atoms with Crippen molar-refractivity contribution in [1.29, 1.82) is 0 Å². The second-order valence-corrected chi connectivity index (χ2v) is 6.51. The molecular weight excluding hydrogens is 292 g/mol. The van der Waals surface area contributed by atoms with Crippen LogP contribution in [-0.2, 0) is 9.53 Å². The summed E-state index contributed by atoms with van der Waals surface area (Å²) in [5.41, 5.74) is 1.06. The van der Waals surface area contributed by atoms with Gasteiger partial charge in [0.05, 0.1) is 25.4 Å². The summed E-state index contributed by atoms with van der Waals surface area (Å²) in [6.45, 7) is 10.2. The number of benzene rings is 1. The smallest absolute Gasteiger partial charge is 0.240 e. The molecule has 1 unspecified atom stereocenters. The molecule has 2 N–H and O–H groups in total. The maximum absolute atomic E-state index is 12.4. The Bertz CT molecular complexity index is 501. The van der Waals surface area contributed by atoms with Crippen LogP contribution in [0.15, 0.2) is 24.3 Å². The minimum atomic E-state index is -0.292. The van der Waals surface area contributed by atoms with Crippen LogP contribution >= 0.6 is 0 Å². The van der Waals surface area contributed by atoms with Crippen LogP contribution in [0.2, 0.25) is 0 Å². The summed E-state index contributed by atoms with van der Waals surface area (Å²) in [7, 11) is 0. The third-order valence-electron chi connectivity index (χ3n) is 3.92. The van der Waals surface area contributed by atoms with Crippen LogP contribution in [0, 0.1) is 5.92 Å². The molecule has 1 saturated heterocycles. The summed E-state index contributed by atoms with van der Waals surface area (Å²) in [4.78, 5) is 12.4. The third kappa shape index (κ3) is 5.22. The molecule has 1 aliphatic rings. The number of ether oxygens (including phenoxy) is 2. The van der Waals surface area contributed by atoms with E-state index in [9.17, 15) is 4.79 Å². The van der Waals surface area contributed by atoms with E-state index in [1.165, 1.54) is 0 Å². The lowest BCUT2D eigenvalue weighted by Gasteiger charge is -2.30. The number of nitrogens with one attached hydrogen (secondary N) is 2. The Kier molecular flexibility index (Phi) is 6.42. The quantitative estimate of drug-likeness (QED) is 0.844. The molecule has 0 spiro atoms. The maximum atomic E-state index is 12.4. The van der Waals surface area contributed by atoms with Gasteiger partial charge in [-0.3, -0.25) is 4.79 Å². The number of carbonyl (C=O) groups excluding carboxylic acids is 1. The molecule has 1 aromatic carbocycles. The zero-order chi connectivity index (χ0) is 16.8. The van der Waals surface area contributed by atoms with E-state index in [0.29, 0.717) is 25.7 Å². The molecule has 0 aliphatic carbocycles. The van der Waals surface area contributed by atoms with Crippen molar-refractivity contribution in [3.8, 4) is 5.75 Å². The van der Waals surface area contributed by atoms with E-state index in [2.05, 4.69) is 24.5 Å². The summed E-state index contributed by atoms with van der Waals surface area (Å²) in [5, 5.41) is 6.25. The van der Waals surface area contributed by atoms with Crippen molar-refractivity contribution in [2.75, 3.05) is 19.8 Å². The Morgan fingerprint density at radius 3 is 2.65 bits per heavy atom. The lowest BCUT2D eigenvalue weighted by molar-refractivity contribution is -0.129. The molecule has 2 rings (SSSR count). The van der Waals surface area contributed by atoms with Crippen LogP contribution in [0.5, 0.6) is 5.75 Å². The normalized spacial score (nSPS) is 22.7. The highest BCUT2D eigenvalue weighted by Crippen LogP contribution is 2.18. The second kappa shape index (κ2) is 8.31. The second-order valence-electron chi connectivity index (χ2n) is 6.51. The summed E-state index contributed by atoms with van der Waals surface area (Å²) < 4.78 is 11.2. The molecule has 1 aromatic rings. The molecular formula is C18H28N2O3. The van der Waals surface area contributed by atoms with Crippen molar-refractivity contribution < 1.29 is 14.3 Å². The molecule has 0 bridgehead atoms. The van der Waals surface area contributed by atoms with Crippen molar-refractivity contribution >= 4 is 5.91 Å². The Morgan fingerprint density at radius 1 is 1.35 bits per heavy atom. The number of rotatable bonds is 6. The number of morpholine rings is 1. The first-order chi connectivity index (χ1) is 11.0. The van der Waals surface area contributed by atoms with Gasteiger partial charge < -0.3 is 20.1 Å². The minimum absolute atomic E-state index is 0.0233. The Hall–Kier alpha value is -1.59. The van der Waals surface area contributed by atoms with E-state index >= 15 is 0 Å². The molecule has 0 aromatic heterocycles. The molecule has 0 radical (unpaired) electrons. The van der Waals surface area contributed by atoms with Gasteiger partial charge in [-0.15, -0.1) is 0 Å². The first-order valence-corrected chi connectivity index (χ1v) is 8.35. The highest BCUT2D eigenvalue weighted by atomic mass is 16.5. The van der Waals surface area contributed by atoms with Gasteiger partial charge in [-0.2, -0.15) is 0 Å². The van der Waals surface area contributed by atoms with Gasteiger partial charge in [0, 0.05) is 6.54 Å². The summed E-state index contributed by atoms with van der Waals surface area (Å²) >= 11 is 0. The highest BCUT2D eigenvalue weighted by Gasteiger charge is 2.29. The predicted octanol–water partition coefficient (Wildman–Crippen LogP) is 2.28.